The largest absolute Gasteiger partial charge is 0.284 e. The second-order valence-electron chi connectivity index (χ2n) is 5.70. The van der Waals surface area contributed by atoms with Gasteiger partial charge in [-0.2, -0.15) is 0 Å². The molecule has 0 aliphatic heterocycles. The standard InChI is InChI=1S/C18H15FN2OS/c19-15-7-3-1-5-12(15)11-23-18-20-16-8-4-2-6-14(16)17(22)21(18)13-9-10-13/h1-8,13H,9-11H2. The van der Waals surface area contributed by atoms with Crippen LogP contribution in [0, 0.1) is 5.82 Å². The zero-order valence-corrected chi connectivity index (χ0v) is 13.2. The van der Waals surface area contributed by atoms with Crippen molar-refractivity contribution in [3.63, 3.8) is 0 Å². The van der Waals surface area contributed by atoms with Gasteiger partial charge < -0.3 is 0 Å². The van der Waals surface area contributed by atoms with E-state index in [0.29, 0.717) is 27.4 Å². The van der Waals surface area contributed by atoms with Gasteiger partial charge in [0.2, 0.25) is 0 Å². The van der Waals surface area contributed by atoms with Gasteiger partial charge in [-0.1, -0.05) is 42.1 Å². The molecule has 0 spiro atoms. The number of rotatable bonds is 4. The van der Waals surface area contributed by atoms with Crippen molar-refractivity contribution in [2.24, 2.45) is 0 Å². The Morgan fingerprint density at radius 3 is 2.65 bits per heavy atom. The van der Waals surface area contributed by atoms with E-state index in [-0.39, 0.29) is 17.4 Å². The molecule has 0 unspecified atom stereocenters. The van der Waals surface area contributed by atoms with Crippen LogP contribution in [0.2, 0.25) is 0 Å². The third kappa shape index (κ3) is 2.77. The van der Waals surface area contributed by atoms with Crippen LogP contribution in [0.5, 0.6) is 0 Å². The highest BCUT2D eigenvalue weighted by molar-refractivity contribution is 7.98. The van der Waals surface area contributed by atoms with Crippen LogP contribution >= 0.6 is 11.8 Å². The van der Waals surface area contributed by atoms with Crippen molar-refractivity contribution < 1.29 is 4.39 Å². The van der Waals surface area contributed by atoms with Crippen LogP contribution < -0.4 is 5.56 Å². The van der Waals surface area contributed by atoms with Crippen LogP contribution in [0.15, 0.2) is 58.5 Å². The molecule has 0 radical (unpaired) electrons. The summed E-state index contributed by atoms with van der Waals surface area (Å²) in [7, 11) is 0. The van der Waals surface area contributed by atoms with Gasteiger partial charge in [-0.25, -0.2) is 9.37 Å². The lowest BCUT2D eigenvalue weighted by atomic mass is 10.2. The van der Waals surface area contributed by atoms with E-state index in [1.807, 2.05) is 30.3 Å². The van der Waals surface area contributed by atoms with E-state index in [4.69, 9.17) is 0 Å². The monoisotopic (exact) mass is 326 g/mol. The SMILES string of the molecule is O=c1c2ccccc2nc(SCc2ccccc2F)n1C1CC1. The van der Waals surface area contributed by atoms with Gasteiger partial charge in [0, 0.05) is 11.8 Å². The minimum atomic E-state index is -0.221. The number of aromatic nitrogens is 2. The minimum Gasteiger partial charge on any atom is -0.284 e. The molecule has 0 bridgehead atoms. The zero-order valence-electron chi connectivity index (χ0n) is 12.4. The Morgan fingerprint density at radius 1 is 1.13 bits per heavy atom. The Morgan fingerprint density at radius 2 is 1.87 bits per heavy atom. The topological polar surface area (TPSA) is 34.9 Å². The summed E-state index contributed by atoms with van der Waals surface area (Å²) in [5.41, 5.74) is 1.34. The second kappa shape index (κ2) is 5.81. The lowest BCUT2D eigenvalue weighted by molar-refractivity contribution is 0.612. The molecule has 23 heavy (non-hydrogen) atoms. The molecule has 116 valence electrons. The Hall–Kier alpha value is -2.14. The molecule has 1 saturated carbocycles. The zero-order chi connectivity index (χ0) is 15.8. The van der Waals surface area contributed by atoms with E-state index in [0.717, 1.165) is 12.8 Å². The number of nitrogens with zero attached hydrogens (tertiary/aromatic N) is 2. The summed E-state index contributed by atoms with van der Waals surface area (Å²) in [5.74, 6) is 0.241. The van der Waals surface area contributed by atoms with Gasteiger partial charge in [-0.05, 0) is 36.6 Å². The Labute approximate surface area is 137 Å². The van der Waals surface area contributed by atoms with Gasteiger partial charge in [-0.3, -0.25) is 9.36 Å². The summed E-state index contributed by atoms with van der Waals surface area (Å²) < 4.78 is 15.6. The third-order valence-electron chi connectivity index (χ3n) is 4.00. The predicted octanol–water partition coefficient (Wildman–Crippen LogP) is 4.16. The number of hydrogen-bond acceptors (Lipinski definition) is 3. The molecule has 1 aliphatic rings. The molecule has 1 fully saturated rings. The first-order valence-corrected chi connectivity index (χ1v) is 8.60. The molecule has 3 nitrogen and oxygen atoms in total. The molecular formula is C18H15FN2OS. The maximum absolute atomic E-state index is 13.8. The number of halogens is 1. The Bertz CT molecular complexity index is 934. The molecular weight excluding hydrogens is 311 g/mol. The van der Waals surface area contributed by atoms with Crippen LogP contribution in [-0.4, -0.2) is 9.55 Å². The van der Waals surface area contributed by atoms with Crippen molar-refractivity contribution in [3.8, 4) is 0 Å². The average molecular weight is 326 g/mol. The molecule has 0 atom stereocenters. The summed E-state index contributed by atoms with van der Waals surface area (Å²) in [6.45, 7) is 0. The number of para-hydroxylation sites is 1. The van der Waals surface area contributed by atoms with Crippen LogP contribution in [0.1, 0.15) is 24.4 Å². The van der Waals surface area contributed by atoms with Crippen molar-refractivity contribution in [1.29, 1.82) is 0 Å². The van der Waals surface area contributed by atoms with Crippen molar-refractivity contribution in [1.82, 2.24) is 9.55 Å². The van der Waals surface area contributed by atoms with Crippen molar-refractivity contribution in [2.45, 2.75) is 29.8 Å². The van der Waals surface area contributed by atoms with Gasteiger partial charge in [0.15, 0.2) is 5.16 Å². The molecule has 1 aromatic heterocycles. The van der Waals surface area contributed by atoms with Gasteiger partial charge in [-0.15, -0.1) is 0 Å². The normalized spacial score (nSPS) is 14.3. The van der Waals surface area contributed by atoms with Crippen molar-refractivity contribution in [3.05, 3.63) is 70.3 Å². The Kier molecular flexibility index (Phi) is 3.65. The number of benzene rings is 2. The summed E-state index contributed by atoms with van der Waals surface area (Å²) in [6, 6.07) is 14.4. The highest BCUT2D eigenvalue weighted by Gasteiger charge is 2.28. The first-order valence-electron chi connectivity index (χ1n) is 7.61. The fourth-order valence-corrected chi connectivity index (χ4v) is 3.69. The highest BCUT2D eigenvalue weighted by Crippen LogP contribution is 2.37. The number of fused-ring (bicyclic) bond motifs is 1. The van der Waals surface area contributed by atoms with Gasteiger partial charge >= 0.3 is 0 Å². The third-order valence-corrected chi connectivity index (χ3v) is 5.00. The first-order chi connectivity index (χ1) is 11.2. The van der Waals surface area contributed by atoms with Crippen molar-refractivity contribution in [2.75, 3.05) is 0 Å². The van der Waals surface area contributed by atoms with E-state index in [2.05, 4.69) is 4.98 Å². The average Bonchev–Trinajstić information content (AvgIpc) is 3.39. The van der Waals surface area contributed by atoms with E-state index < -0.39 is 0 Å². The molecule has 4 rings (SSSR count). The minimum absolute atomic E-state index is 0.00846. The van der Waals surface area contributed by atoms with E-state index in [1.54, 1.807) is 16.7 Å². The molecule has 1 heterocycles. The molecule has 1 aliphatic carbocycles. The van der Waals surface area contributed by atoms with E-state index in [1.165, 1.54) is 17.8 Å². The highest BCUT2D eigenvalue weighted by atomic mass is 32.2. The first kappa shape index (κ1) is 14.5. The summed E-state index contributed by atoms with van der Waals surface area (Å²) in [6.07, 6.45) is 2.01. The lowest BCUT2D eigenvalue weighted by Gasteiger charge is -2.12. The molecule has 2 aromatic carbocycles. The maximum atomic E-state index is 13.8. The smallest absolute Gasteiger partial charge is 0.262 e. The molecule has 0 N–H and O–H groups in total. The number of hydrogen-bond donors (Lipinski definition) is 0. The fraction of sp³-hybridized carbons (Fsp3) is 0.222. The van der Waals surface area contributed by atoms with Gasteiger partial charge in [0.25, 0.3) is 5.56 Å². The van der Waals surface area contributed by atoms with Crippen LogP contribution in [0.4, 0.5) is 4.39 Å². The predicted molar refractivity (Wildman–Crippen MR) is 90.2 cm³/mol. The van der Waals surface area contributed by atoms with E-state index >= 15 is 0 Å². The Balaban J connectivity index is 1.75. The van der Waals surface area contributed by atoms with Crippen LogP contribution in [0.3, 0.4) is 0 Å². The quantitative estimate of drug-likeness (QED) is 0.533. The summed E-state index contributed by atoms with van der Waals surface area (Å²) in [4.78, 5) is 17.4. The number of thioether (sulfide) groups is 1. The van der Waals surface area contributed by atoms with Crippen LogP contribution in [-0.2, 0) is 5.75 Å². The van der Waals surface area contributed by atoms with Crippen LogP contribution in [0.25, 0.3) is 10.9 Å². The fourth-order valence-electron chi connectivity index (χ4n) is 2.64. The van der Waals surface area contributed by atoms with Gasteiger partial charge in [0.05, 0.1) is 10.9 Å². The molecule has 3 aromatic rings. The van der Waals surface area contributed by atoms with Gasteiger partial charge in [0.1, 0.15) is 5.82 Å². The maximum Gasteiger partial charge on any atom is 0.262 e. The summed E-state index contributed by atoms with van der Waals surface area (Å²) in [5, 5.41) is 1.33. The molecule has 0 saturated heterocycles. The van der Waals surface area contributed by atoms with E-state index in [9.17, 15) is 9.18 Å². The second-order valence-corrected chi connectivity index (χ2v) is 6.64. The lowest BCUT2D eigenvalue weighted by Crippen LogP contribution is -2.22. The van der Waals surface area contributed by atoms with Crippen molar-refractivity contribution >= 4 is 22.7 Å². The summed E-state index contributed by atoms with van der Waals surface area (Å²) >= 11 is 1.42. The molecule has 5 heteroatoms. The molecule has 0 amide bonds.